The van der Waals surface area contributed by atoms with Gasteiger partial charge in [0.05, 0.1) is 6.61 Å². The molecule has 0 bridgehead atoms. The molecule has 0 atom stereocenters. The lowest BCUT2D eigenvalue weighted by atomic mass is 10.4. The first-order valence-electron chi connectivity index (χ1n) is 5.12. The maximum atomic E-state index is 10.2. The van der Waals surface area contributed by atoms with Gasteiger partial charge in [0.15, 0.2) is 17.2 Å². The maximum absolute atomic E-state index is 10.2. The third-order valence-corrected chi connectivity index (χ3v) is 2.40. The predicted molar refractivity (Wildman–Crippen MR) is 66.0 cm³/mol. The molecule has 0 saturated heterocycles. The topological polar surface area (TPSA) is 51.7 Å². The van der Waals surface area contributed by atoms with Crippen molar-refractivity contribution in [3.8, 4) is 5.75 Å². The molecule has 0 aliphatic heterocycles. The van der Waals surface area contributed by atoms with Crippen molar-refractivity contribution in [3.63, 3.8) is 0 Å². The average Bonchev–Trinajstić information content (AvgIpc) is 2.34. The first-order valence-corrected chi connectivity index (χ1v) is 5.50. The highest BCUT2D eigenvalue weighted by molar-refractivity contribution is 6.30. The van der Waals surface area contributed by atoms with Crippen LogP contribution in [0, 0.1) is 0 Å². The van der Waals surface area contributed by atoms with Gasteiger partial charge in [-0.05, 0) is 12.1 Å². The van der Waals surface area contributed by atoms with Crippen molar-refractivity contribution in [2.75, 3.05) is 38.8 Å². The monoisotopic (exact) mass is 258 g/mol. The summed E-state index contributed by atoms with van der Waals surface area (Å²) in [7, 11) is 3.54. The number of halogens is 1. The van der Waals surface area contributed by atoms with Crippen LogP contribution in [0.25, 0.3) is 0 Å². The summed E-state index contributed by atoms with van der Waals surface area (Å²) in [6.07, 6.45) is 0.662. The second-order valence-electron chi connectivity index (χ2n) is 3.35. The van der Waals surface area contributed by atoms with Crippen molar-refractivity contribution in [2.45, 2.75) is 0 Å². The largest absolute Gasteiger partial charge is 0.483 e. The van der Waals surface area contributed by atoms with Gasteiger partial charge in [0.2, 0.25) is 0 Å². The van der Waals surface area contributed by atoms with E-state index in [2.05, 4.69) is 4.98 Å². The van der Waals surface area contributed by atoms with E-state index in [0.29, 0.717) is 25.2 Å². The molecular formula is C11H15ClN2O3. The number of anilines is 1. The van der Waals surface area contributed by atoms with Crippen LogP contribution >= 0.6 is 11.6 Å². The summed E-state index contributed by atoms with van der Waals surface area (Å²) >= 11 is 5.93. The van der Waals surface area contributed by atoms with E-state index in [4.69, 9.17) is 21.1 Å². The molecule has 0 radical (unpaired) electrons. The second kappa shape index (κ2) is 7.09. The lowest BCUT2D eigenvalue weighted by Gasteiger charge is -2.18. The number of ether oxygens (including phenoxy) is 2. The van der Waals surface area contributed by atoms with Gasteiger partial charge in [0.1, 0.15) is 12.4 Å². The lowest BCUT2D eigenvalue weighted by molar-refractivity contribution is -0.109. The second-order valence-corrected chi connectivity index (χ2v) is 3.71. The van der Waals surface area contributed by atoms with Crippen LogP contribution in [0.15, 0.2) is 12.1 Å². The van der Waals surface area contributed by atoms with Crippen molar-refractivity contribution >= 4 is 23.7 Å². The first-order chi connectivity index (χ1) is 8.19. The minimum absolute atomic E-state index is 0.0275. The van der Waals surface area contributed by atoms with E-state index in [1.807, 2.05) is 11.9 Å². The van der Waals surface area contributed by atoms with E-state index >= 15 is 0 Å². The molecule has 0 spiro atoms. The summed E-state index contributed by atoms with van der Waals surface area (Å²) in [5.74, 6) is 1.13. The fraction of sp³-hybridized carbons (Fsp3) is 0.455. The number of pyridine rings is 1. The zero-order chi connectivity index (χ0) is 12.7. The number of rotatable bonds is 7. The first kappa shape index (κ1) is 13.7. The molecule has 0 fully saturated rings. The highest BCUT2D eigenvalue weighted by atomic mass is 35.5. The van der Waals surface area contributed by atoms with Crippen LogP contribution in [0.3, 0.4) is 0 Å². The smallest absolute Gasteiger partial charge is 0.173 e. The number of carbonyl (C=O) groups is 1. The van der Waals surface area contributed by atoms with Crippen molar-refractivity contribution in [3.05, 3.63) is 17.3 Å². The number of hydrogen-bond donors (Lipinski definition) is 0. The van der Waals surface area contributed by atoms with Gasteiger partial charge in [-0.15, -0.1) is 0 Å². The predicted octanol–water partition coefficient (Wildman–Crippen LogP) is 1.40. The Morgan fingerprint density at radius 3 is 2.88 bits per heavy atom. The fourth-order valence-electron chi connectivity index (χ4n) is 1.20. The highest BCUT2D eigenvalue weighted by Crippen LogP contribution is 2.24. The van der Waals surface area contributed by atoms with Crippen LogP contribution in [0.5, 0.6) is 5.75 Å². The molecule has 0 aliphatic rings. The minimum Gasteiger partial charge on any atom is -0.483 e. The van der Waals surface area contributed by atoms with E-state index in [1.165, 1.54) is 0 Å². The van der Waals surface area contributed by atoms with Gasteiger partial charge in [0.25, 0.3) is 0 Å². The Hall–Kier alpha value is -1.33. The molecule has 6 heteroatoms. The molecule has 1 heterocycles. The molecule has 0 amide bonds. The Morgan fingerprint density at radius 2 is 2.29 bits per heavy atom. The van der Waals surface area contributed by atoms with E-state index in [1.54, 1.807) is 19.2 Å². The average molecular weight is 259 g/mol. The molecule has 94 valence electrons. The molecule has 1 aromatic heterocycles. The van der Waals surface area contributed by atoms with Gasteiger partial charge in [-0.1, -0.05) is 11.6 Å². The number of methoxy groups -OCH3 is 1. The normalized spacial score (nSPS) is 10.1. The van der Waals surface area contributed by atoms with Crippen LogP contribution in [-0.4, -0.2) is 45.2 Å². The van der Waals surface area contributed by atoms with E-state index in [-0.39, 0.29) is 11.8 Å². The van der Waals surface area contributed by atoms with Crippen LogP contribution in [0.1, 0.15) is 0 Å². The number of carbonyl (C=O) groups excluding carboxylic acids is 1. The van der Waals surface area contributed by atoms with Gasteiger partial charge in [-0.25, -0.2) is 4.98 Å². The summed E-state index contributed by atoms with van der Waals surface area (Å²) in [5.41, 5.74) is 0. The molecule has 0 saturated carbocycles. The molecular weight excluding hydrogens is 244 g/mol. The van der Waals surface area contributed by atoms with Crippen molar-refractivity contribution < 1.29 is 14.3 Å². The number of likely N-dealkylation sites (N-methyl/N-ethyl adjacent to an activating group) is 1. The molecule has 1 rings (SSSR count). The zero-order valence-corrected chi connectivity index (χ0v) is 10.6. The molecule has 5 nitrogen and oxygen atoms in total. The summed E-state index contributed by atoms with van der Waals surface area (Å²) in [6, 6.07) is 3.47. The maximum Gasteiger partial charge on any atom is 0.173 e. The van der Waals surface area contributed by atoms with Crippen LogP contribution in [0.4, 0.5) is 5.82 Å². The molecule has 0 aromatic carbocycles. The quantitative estimate of drug-likeness (QED) is 0.547. The van der Waals surface area contributed by atoms with Gasteiger partial charge >= 0.3 is 0 Å². The van der Waals surface area contributed by atoms with Crippen LogP contribution in [0.2, 0.25) is 5.15 Å². The van der Waals surface area contributed by atoms with Crippen molar-refractivity contribution in [1.82, 2.24) is 4.98 Å². The van der Waals surface area contributed by atoms with Gasteiger partial charge in [-0.2, -0.15) is 0 Å². The van der Waals surface area contributed by atoms with Crippen LogP contribution < -0.4 is 9.64 Å². The Morgan fingerprint density at radius 1 is 1.53 bits per heavy atom. The molecule has 1 aromatic rings. The summed E-state index contributed by atoms with van der Waals surface area (Å²) in [5, 5.41) is 0.244. The number of aldehydes is 1. The minimum atomic E-state index is -0.0275. The Kier molecular flexibility index (Phi) is 5.72. The number of aromatic nitrogens is 1. The van der Waals surface area contributed by atoms with Gasteiger partial charge in [0, 0.05) is 20.7 Å². The lowest BCUT2D eigenvalue weighted by Crippen LogP contribution is -2.23. The zero-order valence-electron chi connectivity index (χ0n) is 9.85. The Bertz CT molecular complexity index is 374. The SMILES string of the molecule is COCCN(C)c1ccc(OCC=O)c(Cl)n1. The number of hydrogen-bond acceptors (Lipinski definition) is 5. The molecule has 0 unspecified atom stereocenters. The molecule has 0 aliphatic carbocycles. The van der Waals surface area contributed by atoms with Crippen molar-refractivity contribution in [2.24, 2.45) is 0 Å². The summed E-state index contributed by atoms with van der Waals surface area (Å²) < 4.78 is 10.1. The van der Waals surface area contributed by atoms with E-state index in [9.17, 15) is 4.79 Å². The van der Waals surface area contributed by atoms with E-state index in [0.717, 1.165) is 5.82 Å². The molecule has 0 N–H and O–H groups in total. The number of nitrogens with zero attached hydrogens (tertiary/aromatic N) is 2. The third-order valence-electron chi connectivity index (χ3n) is 2.13. The van der Waals surface area contributed by atoms with Gasteiger partial charge in [-0.3, -0.25) is 4.79 Å². The molecule has 17 heavy (non-hydrogen) atoms. The van der Waals surface area contributed by atoms with Crippen molar-refractivity contribution in [1.29, 1.82) is 0 Å². The standard InChI is InChI=1S/C11H15ClN2O3/c1-14(5-7-16-2)10-4-3-9(11(12)13-10)17-8-6-15/h3-4,6H,5,7-8H2,1-2H3. The van der Waals surface area contributed by atoms with Crippen LogP contribution in [-0.2, 0) is 9.53 Å². The summed E-state index contributed by atoms with van der Waals surface area (Å²) in [6.45, 7) is 1.30. The highest BCUT2D eigenvalue weighted by Gasteiger charge is 2.07. The third kappa shape index (κ3) is 4.20. The Labute approximate surface area is 105 Å². The van der Waals surface area contributed by atoms with E-state index < -0.39 is 0 Å². The summed E-state index contributed by atoms with van der Waals surface area (Å²) in [4.78, 5) is 16.3. The fourth-order valence-corrected chi connectivity index (χ4v) is 1.40. The Balaban J connectivity index is 2.70. The van der Waals surface area contributed by atoms with Gasteiger partial charge < -0.3 is 14.4 Å².